The molecular formula is C12H16N2O. The third-order valence-electron chi connectivity index (χ3n) is 2.47. The predicted octanol–water partition coefficient (Wildman–Crippen LogP) is 1.52. The van der Waals surface area contributed by atoms with Crippen LogP contribution in [-0.2, 0) is 0 Å². The SMILES string of the molecule is Oc1ccccc1C=NCCCN1CC1. The molecule has 0 aliphatic carbocycles. The number of hydrogen-bond acceptors (Lipinski definition) is 3. The van der Waals surface area contributed by atoms with E-state index in [1.165, 1.54) is 13.1 Å². The molecule has 0 amide bonds. The van der Waals surface area contributed by atoms with Gasteiger partial charge in [0.25, 0.3) is 0 Å². The molecule has 1 fully saturated rings. The number of hydrogen-bond donors (Lipinski definition) is 1. The van der Waals surface area contributed by atoms with E-state index >= 15 is 0 Å². The lowest BCUT2D eigenvalue weighted by molar-refractivity contribution is 0.474. The molecule has 1 aliphatic heterocycles. The standard InChI is InChI=1S/C12H16N2O/c15-12-5-2-1-4-11(12)10-13-6-3-7-14-8-9-14/h1-2,4-5,10,15H,3,6-9H2. The van der Waals surface area contributed by atoms with Crippen LogP contribution in [0.1, 0.15) is 12.0 Å². The van der Waals surface area contributed by atoms with E-state index in [4.69, 9.17) is 0 Å². The minimum Gasteiger partial charge on any atom is -0.507 e. The van der Waals surface area contributed by atoms with Crippen LogP contribution in [0, 0.1) is 0 Å². The molecule has 0 unspecified atom stereocenters. The first-order chi connectivity index (χ1) is 7.36. The minimum atomic E-state index is 0.298. The van der Waals surface area contributed by atoms with Gasteiger partial charge in [0, 0.05) is 31.4 Å². The fourth-order valence-corrected chi connectivity index (χ4v) is 1.44. The van der Waals surface area contributed by atoms with Crippen LogP contribution in [0.2, 0.25) is 0 Å². The smallest absolute Gasteiger partial charge is 0.124 e. The zero-order valence-electron chi connectivity index (χ0n) is 8.76. The monoisotopic (exact) mass is 204 g/mol. The molecule has 0 spiro atoms. The molecule has 0 bridgehead atoms. The number of aromatic hydroxyl groups is 1. The second-order valence-electron chi connectivity index (χ2n) is 3.79. The third kappa shape index (κ3) is 3.36. The molecule has 3 nitrogen and oxygen atoms in total. The lowest BCUT2D eigenvalue weighted by atomic mass is 10.2. The van der Waals surface area contributed by atoms with E-state index in [0.717, 1.165) is 25.1 Å². The number of phenols is 1. The Morgan fingerprint density at radius 2 is 2.13 bits per heavy atom. The number of rotatable bonds is 5. The van der Waals surface area contributed by atoms with Gasteiger partial charge in [-0.15, -0.1) is 0 Å². The Bertz CT molecular complexity index is 345. The molecule has 1 aliphatic rings. The van der Waals surface area contributed by atoms with E-state index in [2.05, 4.69) is 9.89 Å². The maximum absolute atomic E-state index is 9.47. The van der Waals surface area contributed by atoms with Crippen LogP contribution in [0.15, 0.2) is 29.3 Å². The Morgan fingerprint density at radius 3 is 2.87 bits per heavy atom. The van der Waals surface area contributed by atoms with Gasteiger partial charge >= 0.3 is 0 Å². The van der Waals surface area contributed by atoms with Gasteiger partial charge in [0.05, 0.1) is 0 Å². The van der Waals surface area contributed by atoms with Gasteiger partial charge in [-0.3, -0.25) is 4.99 Å². The average Bonchev–Trinajstić information content (AvgIpc) is 3.04. The summed E-state index contributed by atoms with van der Waals surface area (Å²) in [7, 11) is 0. The average molecular weight is 204 g/mol. The Kier molecular flexibility index (Phi) is 3.35. The fourth-order valence-electron chi connectivity index (χ4n) is 1.44. The van der Waals surface area contributed by atoms with Crippen LogP contribution in [-0.4, -0.2) is 42.4 Å². The summed E-state index contributed by atoms with van der Waals surface area (Å²) in [6.07, 6.45) is 2.85. The maximum atomic E-state index is 9.47. The summed E-state index contributed by atoms with van der Waals surface area (Å²) >= 11 is 0. The van der Waals surface area contributed by atoms with E-state index < -0.39 is 0 Å². The van der Waals surface area contributed by atoms with Crippen LogP contribution in [0.3, 0.4) is 0 Å². The second kappa shape index (κ2) is 4.94. The van der Waals surface area contributed by atoms with Crippen molar-refractivity contribution in [2.24, 2.45) is 4.99 Å². The van der Waals surface area contributed by atoms with Crippen molar-refractivity contribution in [3.63, 3.8) is 0 Å². The van der Waals surface area contributed by atoms with Crippen LogP contribution in [0.25, 0.3) is 0 Å². The summed E-state index contributed by atoms with van der Waals surface area (Å²) in [4.78, 5) is 6.67. The Morgan fingerprint density at radius 1 is 1.33 bits per heavy atom. The van der Waals surface area contributed by atoms with Crippen molar-refractivity contribution >= 4 is 6.21 Å². The molecule has 0 atom stereocenters. The Hall–Kier alpha value is -1.35. The highest BCUT2D eigenvalue weighted by Gasteiger charge is 2.14. The first-order valence-corrected chi connectivity index (χ1v) is 5.36. The van der Waals surface area contributed by atoms with Gasteiger partial charge in [-0.05, 0) is 25.1 Å². The van der Waals surface area contributed by atoms with Crippen LogP contribution >= 0.6 is 0 Å². The largest absolute Gasteiger partial charge is 0.507 e. The van der Waals surface area contributed by atoms with Crippen molar-refractivity contribution in [1.82, 2.24) is 4.90 Å². The highest BCUT2D eigenvalue weighted by molar-refractivity contribution is 5.83. The van der Waals surface area contributed by atoms with Crippen molar-refractivity contribution in [3.8, 4) is 5.75 Å². The molecule has 0 radical (unpaired) electrons. The molecule has 0 aromatic heterocycles. The minimum absolute atomic E-state index is 0.298. The summed E-state index contributed by atoms with van der Waals surface area (Å²) < 4.78 is 0. The molecule has 2 rings (SSSR count). The van der Waals surface area contributed by atoms with E-state index in [1.807, 2.05) is 18.2 Å². The lowest BCUT2D eigenvalue weighted by Gasteiger charge is -1.98. The van der Waals surface area contributed by atoms with Crippen LogP contribution in [0.5, 0.6) is 5.75 Å². The molecule has 1 aromatic carbocycles. The van der Waals surface area contributed by atoms with Crippen LogP contribution in [0.4, 0.5) is 0 Å². The van der Waals surface area contributed by atoms with Gasteiger partial charge < -0.3 is 10.0 Å². The van der Waals surface area contributed by atoms with Crippen molar-refractivity contribution in [2.75, 3.05) is 26.2 Å². The molecule has 1 N–H and O–H groups in total. The van der Waals surface area contributed by atoms with Crippen molar-refractivity contribution in [2.45, 2.75) is 6.42 Å². The number of phenolic OH excluding ortho intramolecular Hbond substituents is 1. The van der Waals surface area contributed by atoms with Gasteiger partial charge in [0.1, 0.15) is 5.75 Å². The Balaban J connectivity index is 1.74. The molecule has 0 saturated carbocycles. The Labute approximate surface area is 90.1 Å². The number of para-hydroxylation sites is 1. The molecule has 3 heteroatoms. The summed E-state index contributed by atoms with van der Waals surface area (Å²) in [6.45, 7) is 4.50. The van der Waals surface area contributed by atoms with E-state index in [9.17, 15) is 5.11 Å². The molecular weight excluding hydrogens is 188 g/mol. The molecule has 1 heterocycles. The van der Waals surface area contributed by atoms with Gasteiger partial charge in [0.2, 0.25) is 0 Å². The highest BCUT2D eigenvalue weighted by Crippen LogP contribution is 2.12. The lowest BCUT2D eigenvalue weighted by Crippen LogP contribution is -2.00. The van der Waals surface area contributed by atoms with Gasteiger partial charge in [0.15, 0.2) is 0 Å². The van der Waals surface area contributed by atoms with E-state index in [-0.39, 0.29) is 0 Å². The van der Waals surface area contributed by atoms with Gasteiger partial charge in [-0.25, -0.2) is 0 Å². The predicted molar refractivity (Wildman–Crippen MR) is 61.6 cm³/mol. The fraction of sp³-hybridized carbons (Fsp3) is 0.417. The third-order valence-corrected chi connectivity index (χ3v) is 2.47. The van der Waals surface area contributed by atoms with Crippen LogP contribution < -0.4 is 0 Å². The molecule has 80 valence electrons. The highest BCUT2D eigenvalue weighted by atomic mass is 16.3. The summed E-state index contributed by atoms with van der Waals surface area (Å²) in [5.41, 5.74) is 0.796. The van der Waals surface area contributed by atoms with E-state index in [1.54, 1.807) is 12.3 Å². The van der Waals surface area contributed by atoms with Crippen molar-refractivity contribution in [3.05, 3.63) is 29.8 Å². The second-order valence-corrected chi connectivity index (χ2v) is 3.79. The quantitative estimate of drug-likeness (QED) is 0.448. The van der Waals surface area contributed by atoms with Crippen molar-refractivity contribution < 1.29 is 5.11 Å². The molecule has 1 saturated heterocycles. The summed E-state index contributed by atoms with van der Waals surface area (Å²) in [5.74, 6) is 0.298. The number of nitrogens with zero attached hydrogens (tertiary/aromatic N) is 2. The normalized spacial score (nSPS) is 16.0. The van der Waals surface area contributed by atoms with Gasteiger partial charge in [-0.2, -0.15) is 0 Å². The summed E-state index contributed by atoms with van der Waals surface area (Å²) in [5, 5.41) is 9.47. The maximum Gasteiger partial charge on any atom is 0.124 e. The summed E-state index contributed by atoms with van der Waals surface area (Å²) in [6, 6.07) is 7.25. The number of benzene rings is 1. The van der Waals surface area contributed by atoms with E-state index in [0.29, 0.717) is 5.75 Å². The first kappa shape index (κ1) is 10.2. The topological polar surface area (TPSA) is 35.6 Å². The van der Waals surface area contributed by atoms with Gasteiger partial charge in [-0.1, -0.05) is 12.1 Å². The molecule has 1 aromatic rings. The zero-order chi connectivity index (χ0) is 10.5. The first-order valence-electron chi connectivity index (χ1n) is 5.36. The molecule has 15 heavy (non-hydrogen) atoms. The zero-order valence-corrected chi connectivity index (χ0v) is 8.76. The van der Waals surface area contributed by atoms with Crippen molar-refractivity contribution in [1.29, 1.82) is 0 Å². The number of aliphatic imine (C=N–C) groups is 1.